The molecule has 0 radical (unpaired) electrons. The molecule has 1 aliphatic rings. The molecule has 1 atom stereocenters. The maximum atomic E-state index is 11.3. The van der Waals surface area contributed by atoms with Crippen LogP contribution in [-0.4, -0.2) is 47.7 Å². The van der Waals surface area contributed by atoms with Gasteiger partial charge in [0.2, 0.25) is 0 Å². The van der Waals surface area contributed by atoms with Crippen molar-refractivity contribution in [3.8, 4) is 39.9 Å². The number of ether oxygens (including phenoxy) is 5. The molecule has 0 aromatic heterocycles. The molecule has 0 amide bonds. The number of aliphatic hydroxyl groups excluding tert-OH is 1. The lowest BCUT2D eigenvalue weighted by Gasteiger charge is -2.37. The van der Waals surface area contributed by atoms with Gasteiger partial charge in [-0.3, -0.25) is 0 Å². The zero-order valence-electron chi connectivity index (χ0n) is 17.9. The number of hydrogen-bond acceptors (Lipinski definition) is 7. The quantitative estimate of drug-likeness (QED) is 0.681. The Morgan fingerprint density at radius 2 is 1.40 bits per heavy atom. The van der Waals surface area contributed by atoms with Crippen molar-refractivity contribution < 1.29 is 28.8 Å². The van der Waals surface area contributed by atoms with Crippen LogP contribution in [0, 0.1) is 0 Å². The summed E-state index contributed by atoms with van der Waals surface area (Å²) in [7, 11) is 9.77. The number of benzene rings is 3. The van der Waals surface area contributed by atoms with E-state index in [4.69, 9.17) is 23.7 Å². The first-order valence-corrected chi connectivity index (χ1v) is 9.43. The monoisotopic (exact) mass is 411 g/mol. The second-order valence-electron chi connectivity index (χ2n) is 6.98. The molecule has 4 rings (SSSR count). The first kappa shape index (κ1) is 20.0. The molecule has 0 fully saturated rings. The normalized spacial score (nSPS) is 14.8. The fraction of sp³-hybridized carbons (Fsp3) is 0.304. The van der Waals surface area contributed by atoms with Crippen LogP contribution in [0.2, 0.25) is 0 Å². The van der Waals surface area contributed by atoms with Gasteiger partial charge in [0, 0.05) is 29.6 Å². The molecule has 0 aliphatic carbocycles. The van der Waals surface area contributed by atoms with E-state index >= 15 is 0 Å². The third kappa shape index (κ3) is 2.69. The molecule has 0 spiro atoms. The fourth-order valence-corrected chi connectivity index (χ4v) is 4.22. The van der Waals surface area contributed by atoms with Crippen molar-refractivity contribution in [1.82, 2.24) is 0 Å². The van der Waals surface area contributed by atoms with Crippen molar-refractivity contribution in [2.75, 3.05) is 47.5 Å². The summed E-state index contributed by atoms with van der Waals surface area (Å²) in [5, 5.41) is 13.2. The highest BCUT2D eigenvalue weighted by molar-refractivity contribution is 6.06. The van der Waals surface area contributed by atoms with Crippen molar-refractivity contribution in [2.24, 2.45) is 0 Å². The Hall–Kier alpha value is -3.32. The largest absolute Gasteiger partial charge is 0.496 e. The second-order valence-corrected chi connectivity index (χ2v) is 6.98. The Kier molecular flexibility index (Phi) is 4.99. The van der Waals surface area contributed by atoms with Crippen molar-refractivity contribution >= 4 is 16.5 Å². The van der Waals surface area contributed by atoms with Gasteiger partial charge in [-0.2, -0.15) is 0 Å². The van der Waals surface area contributed by atoms with Crippen LogP contribution in [0.5, 0.6) is 28.7 Å². The summed E-state index contributed by atoms with van der Waals surface area (Å²) in [4.78, 5) is 1.81. The summed E-state index contributed by atoms with van der Waals surface area (Å²) >= 11 is 0. The van der Waals surface area contributed by atoms with Crippen molar-refractivity contribution in [2.45, 2.75) is 6.23 Å². The molecule has 7 nitrogen and oxygen atoms in total. The first-order valence-electron chi connectivity index (χ1n) is 9.43. The number of aliphatic hydroxyl groups is 1. The van der Waals surface area contributed by atoms with E-state index in [-0.39, 0.29) is 0 Å². The molecule has 1 N–H and O–H groups in total. The van der Waals surface area contributed by atoms with Crippen LogP contribution in [0.15, 0.2) is 30.3 Å². The van der Waals surface area contributed by atoms with Gasteiger partial charge in [0.15, 0.2) is 29.2 Å². The van der Waals surface area contributed by atoms with Gasteiger partial charge in [-0.05, 0) is 17.5 Å². The summed E-state index contributed by atoms with van der Waals surface area (Å²) in [6.07, 6.45) is -0.967. The van der Waals surface area contributed by atoms with Crippen LogP contribution in [0.1, 0.15) is 11.8 Å². The first-order chi connectivity index (χ1) is 14.5. The molecule has 0 bridgehead atoms. The van der Waals surface area contributed by atoms with Gasteiger partial charge in [-0.15, -0.1) is 0 Å². The van der Waals surface area contributed by atoms with E-state index in [2.05, 4.69) is 0 Å². The van der Waals surface area contributed by atoms with Crippen LogP contribution in [-0.2, 0) is 0 Å². The highest BCUT2D eigenvalue weighted by Gasteiger charge is 2.36. The van der Waals surface area contributed by atoms with Crippen molar-refractivity contribution in [3.63, 3.8) is 0 Å². The van der Waals surface area contributed by atoms with Crippen LogP contribution in [0.25, 0.3) is 21.9 Å². The van der Waals surface area contributed by atoms with E-state index in [1.807, 2.05) is 36.2 Å². The van der Waals surface area contributed by atoms with E-state index in [0.717, 1.165) is 27.6 Å². The van der Waals surface area contributed by atoms with Crippen LogP contribution >= 0.6 is 0 Å². The molecule has 7 heteroatoms. The fourth-order valence-electron chi connectivity index (χ4n) is 4.22. The molecule has 0 saturated carbocycles. The Labute approximate surface area is 175 Å². The SMILES string of the molecule is COc1cc2ccc3c(c2cc1OC)N(C)[C@H](O)c1c(OC)c(OC)cc(OC)c1-3. The van der Waals surface area contributed by atoms with Gasteiger partial charge in [0.05, 0.1) is 46.8 Å². The van der Waals surface area contributed by atoms with Gasteiger partial charge in [-0.25, -0.2) is 0 Å². The Morgan fingerprint density at radius 3 is 2.00 bits per heavy atom. The molecule has 158 valence electrons. The van der Waals surface area contributed by atoms with E-state index in [0.29, 0.717) is 34.3 Å². The minimum atomic E-state index is -0.967. The minimum Gasteiger partial charge on any atom is -0.496 e. The molecule has 3 aromatic rings. The smallest absolute Gasteiger partial charge is 0.169 e. The summed E-state index contributed by atoms with van der Waals surface area (Å²) in [5.41, 5.74) is 3.14. The standard InChI is InChI=1S/C23H25NO6/c1-24-21-13(8-7-12-9-15(26-2)16(27-3)10-14(12)21)19-17(28-4)11-18(29-5)22(30-6)20(19)23(24)25/h7-11,23,25H,1-6H3/t23-/m1/s1. The predicted octanol–water partition coefficient (Wildman–Crippen LogP) is 3.99. The third-order valence-corrected chi connectivity index (χ3v) is 5.63. The van der Waals surface area contributed by atoms with Gasteiger partial charge in [0.25, 0.3) is 0 Å². The van der Waals surface area contributed by atoms with Gasteiger partial charge < -0.3 is 33.7 Å². The lowest BCUT2D eigenvalue weighted by Crippen LogP contribution is -2.29. The summed E-state index contributed by atoms with van der Waals surface area (Å²) < 4.78 is 27.7. The molecule has 1 aliphatic heterocycles. The number of nitrogens with zero attached hydrogens (tertiary/aromatic N) is 1. The number of methoxy groups -OCH3 is 5. The number of rotatable bonds is 5. The lowest BCUT2D eigenvalue weighted by molar-refractivity contribution is 0.171. The van der Waals surface area contributed by atoms with Crippen LogP contribution in [0.4, 0.5) is 5.69 Å². The van der Waals surface area contributed by atoms with E-state index in [1.165, 1.54) is 0 Å². The van der Waals surface area contributed by atoms with E-state index in [9.17, 15) is 5.11 Å². The maximum Gasteiger partial charge on any atom is 0.169 e. The lowest BCUT2D eigenvalue weighted by atomic mass is 9.88. The molecule has 0 unspecified atom stereocenters. The number of fused-ring (bicyclic) bond motifs is 5. The maximum absolute atomic E-state index is 11.3. The topological polar surface area (TPSA) is 69.6 Å². The summed E-state index contributed by atoms with van der Waals surface area (Å²) in [5.74, 6) is 2.83. The predicted molar refractivity (Wildman–Crippen MR) is 116 cm³/mol. The Balaban J connectivity index is 2.12. The summed E-state index contributed by atoms with van der Waals surface area (Å²) in [6, 6.07) is 9.66. The van der Waals surface area contributed by atoms with Crippen LogP contribution in [0.3, 0.4) is 0 Å². The number of hydrogen-bond donors (Lipinski definition) is 1. The van der Waals surface area contributed by atoms with Crippen LogP contribution < -0.4 is 28.6 Å². The highest BCUT2D eigenvalue weighted by Crippen LogP contribution is 2.55. The average Bonchev–Trinajstić information content (AvgIpc) is 2.79. The third-order valence-electron chi connectivity index (χ3n) is 5.63. The molecule has 0 saturated heterocycles. The van der Waals surface area contributed by atoms with Crippen molar-refractivity contribution in [3.05, 3.63) is 35.9 Å². The second kappa shape index (κ2) is 7.50. The molecule has 1 heterocycles. The molecule has 30 heavy (non-hydrogen) atoms. The van der Waals surface area contributed by atoms with E-state index in [1.54, 1.807) is 41.6 Å². The highest BCUT2D eigenvalue weighted by atomic mass is 16.5. The molecular weight excluding hydrogens is 386 g/mol. The van der Waals surface area contributed by atoms with Crippen molar-refractivity contribution in [1.29, 1.82) is 0 Å². The Morgan fingerprint density at radius 1 is 0.767 bits per heavy atom. The molecule has 3 aromatic carbocycles. The van der Waals surface area contributed by atoms with Gasteiger partial charge in [0.1, 0.15) is 5.75 Å². The number of anilines is 1. The zero-order valence-corrected chi connectivity index (χ0v) is 17.9. The molecular formula is C23H25NO6. The summed E-state index contributed by atoms with van der Waals surface area (Å²) in [6.45, 7) is 0. The van der Waals surface area contributed by atoms with Gasteiger partial charge >= 0.3 is 0 Å². The average molecular weight is 411 g/mol. The zero-order chi connectivity index (χ0) is 21.6. The minimum absolute atomic E-state index is 0.478. The van der Waals surface area contributed by atoms with E-state index < -0.39 is 6.23 Å². The Bertz CT molecular complexity index is 1130. The van der Waals surface area contributed by atoms with Gasteiger partial charge in [-0.1, -0.05) is 12.1 Å².